The number of thioether (sulfide) groups is 1. The van der Waals surface area contributed by atoms with Gasteiger partial charge in [0.05, 0.1) is 17.5 Å². The minimum absolute atomic E-state index is 0.0405. The molecule has 0 aromatic heterocycles. The van der Waals surface area contributed by atoms with Crippen LogP contribution in [0.2, 0.25) is 0 Å². The van der Waals surface area contributed by atoms with Crippen molar-refractivity contribution in [2.75, 3.05) is 24.6 Å². The average Bonchev–Trinajstić information content (AvgIpc) is 2.90. The Labute approximate surface area is 158 Å². The van der Waals surface area contributed by atoms with Crippen LogP contribution >= 0.6 is 11.8 Å². The number of alkyl carbamates (subject to hydrolysis) is 1. The maximum absolute atomic E-state index is 12.1. The summed E-state index contributed by atoms with van der Waals surface area (Å²) in [5.41, 5.74) is -0.599. The van der Waals surface area contributed by atoms with E-state index < -0.39 is 21.5 Å². The highest BCUT2D eigenvalue weighted by Gasteiger charge is 2.48. The molecule has 0 aliphatic carbocycles. The van der Waals surface area contributed by atoms with Crippen molar-refractivity contribution in [1.29, 1.82) is 0 Å². The van der Waals surface area contributed by atoms with E-state index in [2.05, 4.69) is 16.9 Å². The van der Waals surface area contributed by atoms with Crippen molar-refractivity contribution >= 4 is 38.8 Å². The number of carbonyl (C=O) groups excluding carboxylic acids is 2. The van der Waals surface area contributed by atoms with Gasteiger partial charge in [-0.15, -0.1) is 6.58 Å². The number of hydrogen-bond donors (Lipinski definition) is 1. The van der Waals surface area contributed by atoms with Crippen LogP contribution in [-0.2, 0) is 19.4 Å². The largest absolute Gasteiger partial charge is 0.444 e. The van der Waals surface area contributed by atoms with E-state index in [0.29, 0.717) is 11.7 Å². The van der Waals surface area contributed by atoms with Gasteiger partial charge < -0.3 is 15.0 Å². The van der Waals surface area contributed by atoms with Gasteiger partial charge in [0.1, 0.15) is 5.60 Å². The Balaban J connectivity index is 1.91. The molecule has 2 atom stereocenters. The van der Waals surface area contributed by atoms with Gasteiger partial charge in [-0.05, 0) is 20.8 Å². The lowest BCUT2D eigenvalue weighted by atomic mass is 10.2. The molecule has 0 bridgehead atoms. The molecule has 0 spiro atoms. The minimum atomic E-state index is -3.05. The molecular weight excluding hydrogens is 378 g/mol. The fourth-order valence-corrected chi connectivity index (χ4v) is 6.71. The molecule has 2 aliphatic heterocycles. The number of amidine groups is 1. The number of nitrogens with one attached hydrogen (secondary N) is 1. The molecule has 0 unspecified atom stereocenters. The quantitative estimate of drug-likeness (QED) is 0.687. The number of nitrogens with zero attached hydrogens (tertiary/aromatic N) is 2. The highest BCUT2D eigenvalue weighted by molar-refractivity contribution is 8.15. The summed E-state index contributed by atoms with van der Waals surface area (Å²) < 4.78 is 28.7. The summed E-state index contributed by atoms with van der Waals surface area (Å²) in [6.07, 6.45) is 1.12. The Morgan fingerprint density at radius 2 is 2.12 bits per heavy atom. The highest BCUT2D eigenvalue weighted by Crippen LogP contribution is 2.37. The number of amides is 2. The lowest BCUT2D eigenvalue weighted by molar-refractivity contribution is -0.117. The molecule has 0 saturated carbocycles. The molecule has 0 aromatic rings. The van der Waals surface area contributed by atoms with Crippen molar-refractivity contribution in [1.82, 2.24) is 10.2 Å². The van der Waals surface area contributed by atoms with Crippen LogP contribution in [0.15, 0.2) is 17.6 Å². The smallest absolute Gasteiger partial charge is 0.407 e. The average molecular weight is 404 g/mol. The summed E-state index contributed by atoms with van der Waals surface area (Å²) in [7, 11) is -3.05. The molecule has 0 radical (unpaired) electrons. The molecule has 2 rings (SSSR count). The van der Waals surface area contributed by atoms with E-state index in [1.807, 2.05) is 4.90 Å². The number of rotatable bonds is 5. The number of hydrogen-bond acceptors (Lipinski definition) is 6. The molecule has 2 heterocycles. The Bertz CT molecular complexity index is 712. The van der Waals surface area contributed by atoms with E-state index in [1.165, 1.54) is 11.8 Å². The van der Waals surface area contributed by atoms with Crippen LogP contribution in [0.3, 0.4) is 0 Å². The van der Waals surface area contributed by atoms with Crippen molar-refractivity contribution < 1.29 is 22.7 Å². The van der Waals surface area contributed by atoms with E-state index in [4.69, 9.17) is 4.74 Å². The molecule has 1 N–H and O–H groups in total. The first kappa shape index (κ1) is 20.8. The topological polar surface area (TPSA) is 105 Å². The lowest BCUT2D eigenvalue weighted by Gasteiger charge is -2.22. The first-order chi connectivity index (χ1) is 12.0. The van der Waals surface area contributed by atoms with Crippen LogP contribution < -0.4 is 5.32 Å². The maximum atomic E-state index is 12.1. The molecule has 0 aromatic carbocycles. The van der Waals surface area contributed by atoms with Crippen molar-refractivity contribution in [3.8, 4) is 0 Å². The number of ether oxygens (including phenoxy) is 1. The first-order valence-corrected chi connectivity index (χ1v) is 11.0. The Morgan fingerprint density at radius 1 is 1.42 bits per heavy atom. The first-order valence-electron chi connectivity index (χ1n) is 8.34. The van der Waals surface area contributed by atoms with Gasteiger partial charge >= 0.3 is 6.09 Å². The minimum Gasteiger partial charge on any atom is -0.444 e. The molecular formula is C16H25N3O5S2. The molecule has 2 saturated heterocycles. The fraction of sp³-hybridized carbons (Fsp3) is 0.688. The Morgan fingerprint density at radius 3 is 2.73 bits per heavy atom. The number of aliphatic imine (C=N–C) groups is 1. The maximum Gasteiger partial charge on any atom is 0.407 e. The van der Waals surface area contributed by atoms with Gasteiger partial charge in [0.2, 0.25) is 5.91 Å². The Kier molecular flexibility index (Phi) is 6.38. The molecule has 8 nitrogen and oxygen atoms in total. The number of fused-ring (bicyclic) bond motifs is 1. The van der Waals surface area contributed by atoms with E-state index in [9.17, 15) is 18.0 Å². The number of sulfone groups is 1. The van der Waals surface area contributed by atoms with Crippen LogP contribution in [0, 0.1) is 0 Å². The summed E-state index contributed by atoms with van der Waals surface area (Å²) in [5, 5.41) is 2.93. The van der Waals surface area contributed by atoms with E-state index >= 15 is 0 Å². The van der Waals surface area contributed by atoms with Gasteiger partial charge in [-0.2, -0.15) is 4.99 Å². The monoisotopic (exact) mass is 403 g/mol. The van der Waals surface area contributed by atoms with E-state index in [0.717, 1.165) is 0 Å². The fourth-order valence-electron chi connectivity index (χ4n) is 2.74. The predicted octanol–water partition coefficient (Wildman–Crippen LogP) is 1.18. The standard InChI is InChI=1S/C16H25N3O5S2/c1-5-8-19-11-9-26(22,23)10-12(11)25-14(19)18-13(20)6-7-17-15(21)24-16(2,3)4/h5,11-12H,1,6-10H2,2-4H3,(H,17,21)/t11-,12+/m1/s1. The SMILES string of the molecule is C=CCN1C(=NC(=O)CCNC(=O)OC(C)(C)C)S[C@H]2CS(=O)(=O)C[C@H]21. The van der Waals surface area contributed by atoms with Crippen molar-refractivity contribution in [3.63, 3.8) is 0 Å². The van der Waals surface area contributed by atoms with Gasteiger partial charge in [-0.1, -0.05) is 17.8 Å². The third kappa shape index (κ3) is 5.73. The van der Waals surface area contributed by atoms with E-state index in [-0.39, 0.29) is 41.7 Å². The van der Waals surface area contributed by atoms with Crippen molar-refractivity contribution in [2.45, 2.75) is 44.1 Å². The molecule has 26 heavy (non-hydrogen) atoms. The molecule has 146 valence electrons. The zero-order chi connectivity index (χ0) is 19.5. The van der Waals surface area contributed by atoms with Gasteiger partial charge in [-0.3, -0.25) is 4.79 Å². The molecule has 2 aliphatic rings. The lowest BCUT2D eigenvalue weighted by Crippen LogP contribution is -2.37. The molecule has 10 heteroatoms. The summed E-state index contributed by atoms with van der Waals surface area (Å²) in [5.74, 6) is -0.199. The third-order valence-electron chi connectivity index (χ3n) is 3.73. The second kappa shape index (κ2) is 7.99. The van der Waals surface area contributed by atoms with Gasteiger partial charge in [0.25, 0.3) is 0 Å². The molecule has 2 amide bonds. The van der Waals surface area contributed by atoms with Crippen LogP contribution in [0.5, 0.6) is 0 Å². The van der Waals surface area contributed by atoms with Crippen molar-refractivity contribution in [3.05, 3.63) is 12.7 Å². The van der Waals surface area contributed by atoms with Crippen LogP contribution in [-0.4, -0.2) is 72.0 Å². The predicted molar refractivity (Wildman–Crippen MR) is 102 cm³/mol. The summed E-state index contributed by atoms with van der Waals surface area (Å²) >= 11 is 1.32. The third-order valence-corrected chi connectivity index (χ3v) is 6.98. The van der Waals surface area contributed by atoms with Crippen LogP contribution in [0.4, 0.5) is 4.79 Å². The number of carbonyl (C=O) groups is 2. The zero-order valence-electron chi connectivity index (χ0n) is 15.2. The second-order valence-electron chi connectivity index (χ2n) is 7.21. The Hall–Kier alpha value is -1.55. The van der Waals surface area contributed by atoms with Gasteiger partial charge in [0.15, 0.2) is 15.0 Å². The van der Waals surface area contributed by atoms with Gasteiger partial charge in [0, 0.05) is 24.8 Å². The van der Waals surface area contributed by atoms with E-state index in [1.54, 1.807) is 26.8 Å². The van der Waals surface area contributed by atoms with Gasteiger partial charge in [-0.25, -0.2) is 13.2 Å². The highest BCUT2D eigenvalue weighted by atomic mass is 32.2. The summed E-state index contributed by atoms with van der Waals surface area (Å²) in [6.45, 7) is 9.51. The molecule has 2 fully saturated rings. The summed E-state index contributed by atoms with van der Waals surface area (Å²) in [4.78, 5) is 29.6. The van der Waals surface area contributed by atoms with Crippen molar-refractivity contribution in [2.24, 2.45) is 4.99 Å². The zero-order valence-corrected chi connectivity index (χ0v) is 16.9. The second-order valence-corrected chi connectivity index (χ2v) is 10.6. The van der Waals surface area contributed by atoms with Crippen LogP contribution in [0.25, 0.3) is 0 Å². The summed E-state index contributed by atoms with van der Waals surface area (Å²) in [6, 6.07) is -0.172. The normalized spacial score (nSPS) is 25.8. The van der Waals surface area contributed by atoms with Crippen LogP contribution in [0.1, 0.15) is 27.2 Å².